The van der Waals surface area contributed by atoms with Crippen molar-refractivity contribution in [3.05, 3.63) is 11.6 Å². The van der Waals surface area contributed by atoms with Gasteiger partial charge in [-0.25, -0.2) is 8.42 Å². The number of cyclic esters (lactones) is 1. The van der Waals surface area contributed by atoms with Crippen molar-refractivity contribution >= 4 is 16.4 Å². The molecule has 60 heavy (non-hydrogen) atoms. The maximum Gasteiger partial charge on any atom is 1.00 e. The van der Waals surface area contributed by atoms with Gasteiger partial charge in [-0.1, -0.05) is 53.2 Å². The van der Waals surface area contributed by atoms with Gasteiger partial charge in [0, 0.05) is 0 Å². The van der Waals surface area contributed by atoms with Crippen LogP contribution in [-0.2, 0) is 43.1 Å². The summed E-state index contributed by atoms with van der Waals surface area (Å²) < 4.78 is 69.3. The zero-order valence-corrected chi connectivity index (χ0v) is 39.0. The molecule has 19 heteroatoms. The third-order valence-electron chi connectivity index (χ3n) is 16.5. The molecule has 2 unspecified atom stereocenters. The first-order chi connectivity index (χ1) is 27.2. The van der Waals surface area contributed by atoms with Crippen molar-refractivity contribution in [1.29, 1.82) is 0 Å². The predicted octanol–water partition coefficient (Wildman–Crippen LogP) is -2.07. The molecule has 4 aliphatic carbocycles. The van der Waals surface area contributed by atoms with Crippen molar-refractivity contribution in [2.45, 2.75) is 192 Å². The Hall–Kier alpha value is -0.360. The van der Waals surface area contributed by atoms with Crippen LogP contribution in [0.4, 0.5) is 0 Å². The first-order valence-corrected chi connectivity index (χ1v) is 22.5. The molecule has 338 valence electrons. The fourth-order valence-corrected chi connectivity index (χ4v) is 13.6. The van der Waals surface area contributed by atoms with Gasteiger partial charge in [0.1, 0.15) is 47.6 Å². The first kappa shape index (κ1) is 49.1. The normalized spacial score (nSPS) is 50.4. The number of hydrogen-bond acceptors (Lipinski definition) is 17. The molecular formula is C41H65NaO17S. The Morgan fingerprint density at radius 1 is 0.900 bits per heavy atom. The number of hydrogen-bond donors (Lipinski definition) is 7. The van der Waals surface area contributed by atoms with Crippen LogP contribution in [0.25, 0.3) is 0 Å². The van der Waals surface area contributed by atoms with Gasteiger partial charge in [0.15, 0.2) is 18.2 Å². The zero-order valence-electron chi connectivity index (χ0n) is 36.2. The van der Waals surface area contributed by atoms with Crippen molar-refractivity contribution in [2.24, 2.45) is 39.4 Å². The summed E-state index contributed by atoms with van der Waals surface area (Å²) >= 11 is 0. The Morgan fingerprint density at radius 2 is 1.57 bits per heavy atom. The van der Waals surface area contributed by atoms with Crippen LogP contribution in [0, 0.1) is 39.4 Å². The van der Waals surface area contributed by atoms with E-state index in [0.717, 1.165) is 5.57 Å². The van der Waals surface area contributed by atoms with Crippen molar-refractivity contribution in [1.82, 2.24) is 0 Å². The van der Waals surface area contributed by atoms with Gasteiger partial charge < -0.3 is 64.0 Å². The molecule has 3 aliphatic heterocycles. The summed E-state index contributed by atoms with van der Waals surface area (Å²) in [6, 6.07) is 0. The number of esters is 1. The monoisotopic (exact) mass is 884 g/mol. The van der Waals surface area contributed by atoms with E-state index in [1.807, 2.05) is 34.6 Å². The van der Waals surface area contributed by atoms with Gasteiger partial charge in [0.2, 0.25) is 10.4 Å². The Kier molecular flexibility index (Phi) is 13.5. The smallest absolute Gasteiger partial charge is 0.726 e. The summed E-state index contributed by atoms with van der Waals surface area (Å²) in [5.41, 5.74) is -6.15. The third-order valence-corrected chi connectivity index (χ3v) is 16.9. The Balaban J connectivity index is 0.00000604. The number of aliphatic hydroxyl groups excluding tert-OH is 6. The Morgan fingerprint density at radius 3 is 2.20 bits per heavy atom. The predicted molar refractivity (Wildman–Crippen MR) is 203 cm³/mol. The molecule has 0 bridgehead atoms. The number of ether oxygens (including phenoxy) is 5. The molecule has 6 fully saturated rings. The van der Waals surface area contributed by atoms with Crippen LogP contribution in [0.5, 0.6) is 0 Å². The molecule has 17 nitrogen and oxygen atoms in total. The quantitative estimate of drug-likeness (QED) is 0.0310. The molecule has 3 heterocycles. The van der Waals surface area contributed by atoms with E-state index in [0.29, 0.717) is 44.9 Å². The molecule has 1 spiro atoms. The van der Waals surface area contributed by atoms with E-state index in [-0.39, 0.29) is 53.7 Å². The van der Waals surface area contributed by atoms with Crippen LogP contribution in [-0.4, -0.2) is 146 Å². The number of rotatable bonds is 10. The second kappa shape index (κ2) is 16.5. The molecular weight excluding hydrogens is 819 g/mol. The van der Waals surface area contributed by atoms with E-state index < -0.39 is 129 Å². The molecule has 7 rings (SSSR count). The summed E-state index contributed by atoms with van der Waals surface area (Å²) in [7, 11) is -5.30. The van der Waals surface area contributed by atoms with Crippen molar-refractivity contribution in [3.63, 3.8) is 0 Å². The van der Waals surface area contributed by atoms with Gasteiger partial charge in [-0.2, -0.15) is 0 Å². The van der Waals surface area contributed by atoms with Crippen LogP contribution in [0.15, 0.2) is 11.6 Å². The first-order valence-electron chi connectivity index (χ1n) is 21.2. The molecule has 7 N–H and O–H groups in total. The molecule has 0 radical (unpaired) electrons. The zero-order chi connectivity index (χ0) is 43.6. The minimum absolute atomic E-state index is 0. The van der Waals surface area contributed by atoms with Crippen molar-refractivity contribution < 1.29 is 111 Å². The number of carbonyl (C=O) groups is 1. The van der Waals surface area contributed by atoms with Gasteiger partial charge in [0.25, 0.3) is 0 Å². The third kappa shape index (κ3) is 7.17. The minimum Gasteiger partial charge on any atom is -0.726 e. The van der Waals surface area contributed by atoms with Crippen molar-refractivity contribution in [3.8, 4) is 0 Å². The molecule has 7 aliphatic rings. The number of aliphatic hydroxyl groups is 7. The maximum absolute atomic E-state index is 14.4. The molecule has 19 atom stereocenters. The SMILES string of the molecule is CC(C)CCC(O)[C@]1(C)OC(=O)[C@]23[C@@H](O)C=C4[C@@H](CCC5C(C)(C)[C@@H](O[C@@H]6OC[C@@H](OS(=O)(=O)[O-])[C@H](O)[C@H]6O[C@@H]6O[C@H](C)[C@@H](O)[C@H](O)[C@H]6O)CC[C@]45C)[C@]2(C)CC[C@@]31O.[Na+]. The number of fused-ring (bicyclic) bond motifs is 4. The average Bonchev–Trinajstić information content (AvgIpc) is 3.51. The van der Waals surface area contributed by atoms with Crippen LogP contribution in [0.1, 0.15) is 107 Å². The van der Waals surface area contributed by atoms with E-state index in [1.165, 1.54) is 6.92 Å². The molecule has 0 aromatic heterocycles. The second-order valence-corrected chi connectivity index (χ2v) is 21.2. The van der Waals surface area contributed by atoms with E-state index in [1.54, 1.807) is 13.0 Å². The van der Waals surface area contributed by atoms with E-state index >= 15 is 0 Å². The van der Waals surface area contributed by atoms with Crippen LogP contribution in [0.3, 0.4) is 0 Å². The average molecular weight is 885 g/mol. The van der Waals surface area contributed by atoms with Gasteiger partial charge >= 0.3 is 35.5 Å². The van der Waals surface area contributed by atoms with Crippen LogP contribution in [0.2, 0.25) is 0 Å². The van der Waals surface area contributed by atoms with E-state index in [9.17, 15) is 53.5 Å². The summed E-state index contributed by atoms with van der Waals surface area (Å²) in [5, 5.41) is 79.4. The number of carbonyl (C=O) groups excluding carboxylic acids is 1. The van der Waals surface area contributed by atoms with E-state index in [2.05, 4.69) is 11.1 Å². The van der Waals surface area contributed by atoms with Gasteiger partial charge in [0.05, 0.1) is 31.0 Å². The molecule has 0 aromatic rings. The second-order valence-electron chi connectivity index (χ2n) is 20.2. The van der Waals surface area contributed by atoms with Crippen LogP contribution >= 0.6 is 0 Å². The molecule has 3 saturated carbocycles. The van der Waals surface area contributed by atoms with Gasteiger partial charge in [-0.3, -0.25) is 8.98 Å². The Labute approximate surface area is 374 Å². The summed E-state index contributed by atoms with van der Waals surface area (Å²) in [6.45, 7) is 14.8. The van der Waals surface area contributed by atoms with Gasteiger partial charge in [-0.05, 0) is 99.2 Å². The number of allylic oxidation sites excluding steroid dienone is 1. The Bertz CT molecular complexity index is 1760. The summed E-state index contributed by atoms with van der Waals surface area (Å²) in [4.78, 5) is 14.4. The minimum atomic E-state index is -5.30. The molecule has 3 saturated heterocycles. The van der Waals surface area contributed by atoms with Crippen LogP contribution < -0.4 is 29.6 Å². The summed E-state index contributed by atoms with van der Waals surface area (Å²) in [6.07, 6.45) is -11.5. The summed E-state index contributed by atoms with van der Waals surface area (Å²) in [5.74, 6) is -0.657. The van der Waals surface area contributed by atoms with Gasteiger partial charge in [-0.15, -0.1) is 0 Å². The standard InChI is InChI=1S/C41H66O17S.Na/c1-19(2)9-12-25(42)39(8)40(49)16-15-38(7)21-10-11-24-36(4,5)27(13-14-37(24,6)22(21)17-26(43)41(38,40)35(48)57-39)55-34-32(29(45)23(18-53-34)58-59(50,51)52)56-33-31(47)30(46)28(44)20(3)54-33;/h17,19-21,23-34,42-47,49H,9-16,18H2,1-8H3,(H,50,51,52);/q;+1/p-1/t20-,21-,23-,24?,25?,26+,27+,28-,29+,30+,31-,32-,33+,34+,37-,38+,39+,40+,41-;/m1./s1. The molecule has 0 aromatic carbocycles. The van der Waals surface area contributed by atoms with E-state index in [4.69, 9.17) is 23.7 Å². The van der Waals surface area contributed by atoms with Crippen molar-refractivity contribution in [2.75, 3.05) is 6.61 Å². The fraction of sp³-hybridized carbons (Fsp3) is 0.927. The molecule has 0 amide bonds. The fourth-order valence-electron chi connectivity index (χ4n) is 13.1. The maximum atomic E-state index is 14.4. The largest absolute Gasteiger partial charge is 1.00 e. The topological polar surface area (TPSA) is 271 Å².